The first-order chi connectivity index (χ1) is 23.9. The normalized spacial score (nSPS) is 29.0. The number of amides is 2. The number of sulfonamides is 1. The second kappa shape index (κ2) is 13.5. The number of thiazole rings is 1. The summed E-state index contributed by atoms with van der Waals surface area (Å²) >= 11 is 1.40. The Morgan fingerprint density at radius 2 is 1.94 bits per heavy atom. The van der Waals surface area contributed by atoms with Crippen LogP contribution in [0.1, 0.15) is 82.3 Å². The third-order valence-corrected chi connectivity index (χ3v) is 14.2. The maximum Gasteiger partial charge on any atom is 0.274 e. The second-order valence-corrected chi connectivity index (χ2v) is 18.2. The maximum absolute atomic E-state index is 14.6. The van der Waals surface area contributed by atoms with E-state index in [0.717, 1.165) is 47.0 Å². The molecule has 3 aromatic rings. The second-order valence-electron chi connectivity index (χ2n) is 15.0. The lowest BCUT2D eigenvalue weighted by Gasteiger charge is -2.29. The molecule has 3 heterocycles. The molecule has 3 fully saturated rings. The van der Waals surface area contributed by atoms with Crippen LogP contribution >= 0.6 is 11.3 Å². The van der Waals surface area contributed by atoms with Gasteiger partial charge in [-0.3, -0.25) is 19.1 Å². The molecule has 2 aromatic carbocycles. The molecule has 0 spiro atoms. The Labute approximate surface area is 296 Å². The van der Waals surface area contributed by atoms with Crippen LogP contribution in [0.2, 0.25) is 0 Å². The summed E-state index contributed by atoms with van der Waals surface area (Å²) in [6.07, 6.45) is 9.11. The number of nitrogens with zero attached hydrogens (tertiary/aromatic N) is 2. The average Bonchev–Trinajstić information content (AvgIpc) is 3.86. The van der Waals surface area contributed by atoms with Crippen LogP contribution in [0.3, 0.4) is 0 Å². The van der Waals surface area contributed by atoms with Gasteiger partial charge in [-0.15, -0.1) is 0 Å². The van der Waals surface area contributed by atoms with E-state index in [-0.39, 0.29) is 42.8 Å². The first-order valence-electron chi connectivity index (χ1n) is 17.7. The predicted molar refractivity (Wildman–Crippen MR) is 190 cm³/mol. The highest BCUT2D eigenvalue weighted by molar-refractivity contribution is 7.91. The highest BCUT2D eigenvalue weighted by atomic mass is 32.2. The van der Waals surface area contributed by atoms with Crippen LogP contribution in [0.25, 0.3) is 10.2 Å². The van der Waals surface area contributed by atoms with Crippen LogP contribution in [-0.2, 0) is 30.8 Å². The smallest absolute Gasteiger partial charge is 0.274 e. The number of allylic oxidation sites excluding steroid dienone is 2. The van der Waals surface area contributed by atoms with E-state index in [9.17, 15) is 27.2 Å². The van der Waals surface area contributed by atoms with E-state index >= 15 is 0 Å². The lowest BCUT2D eigenvalue weighted by Crippen LogP contribution is -2.47. The molecule has 0 bridgehead atoms. The highest BCUT2D eigenvalue weighted by Crippen LogP contribution is 2.57. The predicted octanol–water partition coefficient (Wildman–Crippen LogP) is 6.44. The van der Waals surface area contributed by atoms with E-state index < -0.39 is 44.2 Å². The molecule has 0 radical (unpaired) electrons. The summed E-state index contributed by atoms with van der Waals surface area (Å²) in [7, 11) is -3.91. The molecule has 1 saturated heterocycles. The number of ether oxygens (including phenoxy) is 1. The molecule has 266 valence electrons. The van der Waals surface area contributed by atoms with Crippen LogP contribution in [-0.4, -0.2) is 59.3 Å². The Kier molecular flexibility index (Phi) is 9.38. The number of halogens is 1. The molecular weight excluding hydrogens is 678 g/mol. The molecule has 9 nitrogen and oxygen atoms in total. The van der Waals surface area contributed by atoms with Gasteiger partial charge >= 0.3 is 0 Å². The number of carbonyl (C=O) groups excluding carboxylic acids is 3. The summed E-state index contributed by atoms with van der Waals surface area (Å²) < 4.78 is 49.3. The fourth-order valence-electron chi connectivity index (χ4n) is 7.68. The van der Waals surface area contributed by atoms with E-state index in [4.69, 9.17) is 4.74 Å². The molecule has 2 aliphatic heterocycles. The lowest BCUT2D eigenvalue weighted by atomic mass is 9.89. The van der Waals surface area contributed by atoms with Gasteiger partial charge in [-0.05, 0) is 100 Å². The minimum absolute atomic E-state index is 0.166. The van der Waals surface area contributed by atoms with Crippen molar-refractivity contribution in [3.8, 4) is 5.19 Å². The third kappa shape index (κ3) is 7.10. The van der Waals surface area contributed by atoms with Crippen molar-refractivity contribution in [2.45, 2.75) is 101 Å². The van der Waals surface area contributed by atoms with Crippen LogP contribution in [0, 0.1) is 30.0 Å². The number of ketones is 1. The van der Waals surface area contributed by atoms with Gasteiger partial charge in [0.2, 0.25) is 21.8 Å². The molecule has 1 aromatic heterocycles. The largest absolute Gasteiger partial charge is 0.465 e. The average molecular weight is 722 g/mol. The summed E-state index contributed by atoms with van der Waals surface area (Å²) in [6.45, 7) is 3.62. The molecule has 7 rings (SSSR count). The summed E-state index contributed by atoms with van der Waals surface area (Å²) in [5.41, 5.74) is 1.10. The van der Waals surface area contributed by atoms with Crippen molar-refractivity contribution in [2.75, 3.05) is 6.54 Å². The topological polar surface area (TPSA) is 123 Å². The van der Waals surface area contributed by atoms with Gasteiger partial charge in [0.05, 0.1) is 33.0 Å². The molecule has 5 atom stereocenters. The zero-order chi connectivity index (χ0) is 35.3. The number of nitrogens with one attached hydrogen (secondary N) is 1. The molecule has 1 N–H and O–H groups in total. The number of carbonyl (C=O) groups is 3. The number of aryl methyl sites for hydroxylation is 1. The Balaban J connectivity index is 1.19. The van der Waals surface area contributed by atoms with Gasteiger partial charge in [-0.2, -0.15) is 0 Å². The zero-order valence-electron chi connectivity index (χ0n) is 28.5. The molecule has 2 amide bonds. The zero-order valence-corrected chi connectivity index (χ0v) is 30.2. The summed E-state index contributed by atoms with van der Waals surface area (Å²) in [4.78, 5) is 49.0. The molecule has 2 aliphatic carbocycles. The van der Waals surface area contributed by atoms with Gasteiger partial charge in [0, 0.05) is 18.8 Å². The van der Waals surface area contributed by atoms with Gasteiger partial charge in [0.25, 0.3) is 5.19 Å². The number of hydrogen-bond donors (Lipinski definition) is 1. The van der Waals surface area contributed by atoms with Crippen molar-refractivity contribution in [1.82, 2.24) is 14.6 Å². The summed E-state index contributed by atoms with van der Waals surface area (Å²) in [5.74, 6) is -2.23. The van der Waals surface area contributed by atoms with Gasteiger partial charge in [-0.1, -0.05) is 54.5 Å². The SMILES string of the molecule is Cc1cc(F)cc(C[C@H]2CCCCC/C=C\[C@@H]3C[C@@]3(C(=O)NS(=O)(=O)C3(C)CC3)CC(=O)[C@@H]3C[C@@H](Oc4nc5ccccc5s4)CN3C2=O)c1. The number of benzene rings is 2. The van der Waals surface area contributed by atoms with E-state index in [2.05, 4.69) is 9.71 Å². The first-order valence-corrected chi connectivity index (χ1v) is 20.0. The van der Waals surface area contributed by atoms with Crippen molar-refractivity contribution < 1.29 is 31.9 Å². The Morgan fingerprint density at radius 3 is 2.70 bits per heavy atom. The monoisotopic (exact) mass is 721 g/mol. The van der Waals surface area contributed by atoms with Crippen molar-refractivity contribution >= 4 is 49.2 Å². The lowest BCUT2D eigenvalue weighted by molar-refractivity contribution is -0.142. The van der Waals surface area contributed by atoms with Gasteiger partial charge in [-0.25, -0.2) is 17.8 Å². The molecule has 2 saturated carbocycles. The van der Waals surface area contributed by atoms with Gasteiger partial charge in [0.15, 0.2) is 5.78 Å². The number of Topliss-reactive ketones (excluding diaryl/α,β-unsaturated/α-hetero) is 1. The minimum Gasteiger partial charge on any atom is -0.465 e. The molecule has 50 heavy (non-hydrogen) atoms. The molecule has 4 aliphatic rings. The van der Waals surface area contributed by atoms with E-state index in [1.54, 1.807) is 11.8 Å². The first kappa shape index (κ1) is 34.8. The van der Waals surface area contributed by atoms with E-state index in [0.29, 0.717) is 37.3 Å². The highest BCUT2D eigenvalue weighted by Gasteiger charge is 2.62. The number of rotatable bonds is 7. The number of hydrogen-bond acceptors (Lipinski definition) is 8. The fraction of sp³-hybridized carbons (Fsp3) is 0.526. The van der Waals surface area contributed by atoms with E-state index in [1.165, 1.54) is 23.5 Å². The molecular formula is C38H44FN3O6S2. The molecule has 0 unspecified atom stereocenters. The Morgan fingerprint density at radius 1 is 1.14 bits per heavy atom. The standard InChI is InChI=1S/C38H44FN3O6S2/c1-24-16-25(19-28(39)17-24)18-26-10-6-4-3-5-7-11-27-21-38(27,35(45)41-50(46,47)37(2)14-15-37)22-32(43)31-20-29(23-42(31)34(26)44)48-36-40-30-12-8-9-13-33(30)49-36/h7-9,11-13,16-17,19,26-27,29,31H,3-6,10,14-15,18,20-23H2,1-2H3,(H,41,45)/b11-7-/t26-,27-,29-,31+,38-/m1/s1. The van der Waals surface area contributed by atoms with Crippen LogP contribution in [0.4, 0.5) is 4.39 Å². The summed E-state index contributed by atoms with van der Waals surface area (Å²) in [6, 6.07) is 11.6. The van der Waals surface area contributed by atoms with E-state index in [1.807, 2.05) is 49.4 Å². The number of fused-ring (bicyclic) bond motifs is 3. The third-order valence-electron chi connectivity index (χ3n) is 11.1. The van der Waals surface area contributed by atoms with Crippen LogP contribution in [0.5, 0.6) is 5.19 Å². The van der Waals surface area contributed by atoms with Crippen molar-refractivity contribution in [1.29, 1.82) is 0 Å². The van der Waals surface area contributed by atoms with Crippen molar-refractivity contribution in [3.63, 3.8) is 0 Å². The maximum atomic E-state index is 14.6. The Hall–Kier alpha value is -3.64. The quantitative estimate of drug-likeness (QED) is 0.279. The van der Waals surface area contributed by atoms with Crippen molar-refractivity contribution in [2.24, 2.45) is 17.3 Å². The minimum atomic E-state index is -3.91. The molecule has 12 heteroatoms. The fourth-order valence-corrected chi connectivity index (χ4v) is 9.89. The number of para-hydroxylation sites is 1. The van der Waals surface area contributed by atoms with Crippen molar-refractivity contribution in [3.05, 3.63) is 71.6 Å². The van der Waals surface area contributed by atoms with Gasteiger partial charge < -0.3 is 9.64 Å². The van der Waals surface area contributed by atoms with Crippen LogP contribution < -0.4 is 9.46 Å². The van der Waals surface area contributed by atoms with Gasteiger partial charge in [0.1, 0.15) is 11.9 Å². The van der Waals surface area contributed by atoms with Crippen LogP contribution in [0.15, 0.2) is 54.6 Å². The summed E-state index contributed by atoms with van der Waals surface area (Å²) in [5, 5.41) is 0.452. The number of aromatic nitrogens is 1. The Bertz CT molecular complexity index is 1900.